The Hall–Kier alpha value is -1.54. The lowest BCUT2D eigenvalue weighted by Crippen LogP contribution is -2.52. The number of hydrogen-bond donors (Lipinski definition) is 2. The Morgan fingerprint density at radius 2 is 2.13 bits per heavy atom. The second-order valence-corrected chi connectivity index (χ2v) is 6.56. The van der Waals surface area contributed by atoms with Crippen LogP contribution in [0.1, 0.15) is 25.8 Å². The third kappa shape index (κ3) is 4.26. The summed E-state index contributed by atoms with van der Waals surface area (Å²) in [6.45, 7) is 4.15. The molecule has 0 aromatic carbocycles. The Bertz CT molecular complexity index is 601. The fourth-order valence-electron chi connectivity index (χ4n) is 2.26. The predicted molar refractivity (Wildman–Crippen MR) is 81.3 cm³/mol. The summed E-state index contributed by atoms with van der Waals surface area (Å²) < 4.78 is 37.9. The van der Waals surface area contributed by atoms with Gasteiger partial charge in [0.05, 0.1) is 16.1 Å². The van der Waals surface area contributed by atoms with Crippen LogP contribution in [-0.2, 0) is 11.0 Å². The highest BCUT2D eigenvalue weighted by atomic mass is 35.5. The van der Waals surface area contributed by atoms with Crippen LogP contribution in [-0.4, -0.2) is 35.6 Å². The number of rotatable bonds is 3. The van der Waals surface area contributed by atoms with E-state index < -0.39 is 17.3 Å². The van der Waals surface area contributed by atoms with Crippen LogP contribution < -0.4 is 16.0 Å². The van der Waals surface area contributed by atoms with Crippen LogP contribution in [0.3, 0.4) is 0 Å². The molecule has 1 aliphatic heterocycles. The molecule has 128 valence electrons. The van der Waals surface area contributed by atoms with Gasteiger partial charge in [-0.15, -0.1) is 0 Å². The quantitative estimate of drug-likeness (QED) is 0.876. The van der Waals surface area contributed by atoms with E-state index in [2.05, 4.69) is 10.3 Å². The van der Waals surface area contributed by atoms with Crippen molar-refractivity contribution in [2.24, 2.45) is 5.73 Å². The van der Waals surface area contributed by atoms with Gasteiger partial charge in [0.25, 0.3) is 0 Å². The van der Waals surface area contributed by atoms with Gasteiger partial charge in [0.15, 0.2) is 0 Å². The van der Waals surface area contributed by atoms with Gasteiger partial charge in [0.2, 0.25) is 5.91 Å². The Morgan fingerprint density at radius 1 is 1.48 bits per heavy atom. The van der Waals surface area contributed by atoms with Crippen molar-refractivity contribution in [2.75, 3.05) is 18.0 Å². The molecular weight excluding hydrogens is 333 g/mol. The number of anilines is 1. The average molecular weight is 351 g/mol. The van der Waals surface area contributed by atoms with E-state index in [0.717, 1.165) is 12.3 Å². The minimum Gasteiger partial charge on any atom is -0.353 e. The van der Waals surface area contributed by atoms with Crippen molar-refractivity contribution < 1.29 is 18.0 Å². The van der Waals surface area contributed by atoms with Crippen molar-refractivity contribution >= 4 is 23.3 Å². The second-order valence-electron chi connectivity index (χ2n) is 6.15. The van der Waals surface area contributed by atoms with Gasteiger partial charge < -0.3 is 16.0 Å². The number of alkyl halides is 3. The first kappa shape index (κ1) is 17.8. The van der Waals surface area contributed by atoms with Gasteiger partial charge in [-0.1, -0.05) is 11.6 Å². The molecule has 1 unspecified atom stereocenters. The van der Waals surface area contributed by atoms with Crippen LogP contribution in [0.2, 0.25) is 5.02 Å². The Labute approximate surface area is 137 Å². The number of halogens is 4. The highest BCUT2D eigenvalue weighted by molar-refractivity contribution is 6.33. The summed E-state index contributed by atoms with van der Waals surface area (Å²) >= 11 is 5.93. The van der Waals surface area contributed by atoms with Crippen LogP contribution in [0.15, 0.2) is 12.3 Å². The number of amides is 1. The second kappa shape index (κ2) is 6.16. The van der Waals surface area contributed by atoms with Crippen molar-refractivity contribution in [3.8, 4) is 0 Å². The molecule has 3 N–H and O–H groups in total. The van der Waals surface area contributed by atoms with E-state index in [1.807, 2.05) is 0 Å². The van der Waals surface area contributed by atoms with Gasteiger partial charge in [-0.25, -0.2) is 4.98 Å². The monoisotopic (exact) mass is 350 g/mol. The molecule has 23 heavy (non-hydrogen) atoms. The Kier molecular flexibility index (Phi) is 4.77. The van der Waals surface area contributed by atoms with E-state index in [1.54, 1.807) is 18.7 Å². The molecule has 0 radical (unpaired) electrons. The summed E-state index contributed by atoms with van der Waals surface area (Å²) in [6.07, 6.45) is -3.08. The maximum Gasteiger partial charge on any atom is 0.417 e. The van der Waals surface area contributed by atoms with Crippen molar-refractivity contribution in [3.05, 3.63) is 22.8 Å². The van der Waals surface area contributed by atoms with Crippen molar-refractivity contribution in [3.63, 3.8) is 0 Å². The summed E-state index contributed by atoms with van der Waals surface area (Å²) in [4.78, 5) is 17.4. The number of carbonyl (C=O) groups excluding carboxylic acids is 1. The van der Waals surface area contributed by atoms with Crippen LogP contribution in [0, 0.1) is 0 Å². The maximum absolute atomic E-state index is 12.6. The molecule has 2 rings (SSSR count). The lowest BCUT2D eigenvalue weighted by atomic mass is 10.1. The molecule has 1 saturated heterocycles. The summed E-state index contributed by atoms with van der Waals surface area (Å²) in [7, 11) is 0. The molecular formula is C14H18ClF3N4O. The zero-order chi connectivity index (χ0) is 17.4. The molecule has 0 saturated carbocycles. The predicted octanol–water partition coefficient (Wildman–Crippen LogP) is 2.19. The Balaban J connectivity index is 2.06. The molecule has 9 heteroatoms. The first-order valence-corrected chi connectivity index (χ1v) is 7.44. The molecule has 1 aromatic heterocycles. The number of carbonyl (C=O) groups is 1. The van der Waals surface area contributed by atoms with E-state index in [4.69, 9.17) is 17.3 Å². The molecule has 1 aromatic rings. The van der Waals surface area contributed by atoms with Gasteiger partial charge in [0, 0.05) is 25.3 Å². The van der Waals surface area contributed by atoms with Crippen LogP contribution in [0.5, 0.6) is 0 Å². The van der Waals surface area contributed by atoms with Gasteiger partial charge in [-0.3, -0.25) is 4.79 Å². The number of aromatic nitrogens is 1. The first-order valence-electron chi connectivity index (χ1n) is 7.06. The van der Waals surface area contributed by atoms with Crippen LogP contribution in [0.25, 0.3) is 0 Å². The fraction of sp³-hybridized carbons (Fsp3) is 0.571. The van der Waals surface area contributed by atoms with Crippen LogP contribution >= 0.6 is 11.6 Å². The van der Waals surface area contributed by atoms with Crippen molar-refractivity contribution in [1.29, 1.82) is 0 Å². The van der Waals surface area contributed by atoms with E-state index in [9.17, 15) is 18.0 Å². The third-order valence-electron chi connectivity index (χ3n) is 3.56. The summed E-state index contributed by atoms with van der Waals surface area (Å²) in [5.41, 5.74) is 3.84. The number of hydrogen-bond acceptors (Lipinski definition) is 4. The molecule has 0 bridgehead atoms. The van der Waals surface area contributed by atoms with Crippen molar-refractivity contribution in [2.45, 2.75) is 38.0 Å². The molecule has 1 aliphatic rings. The van der Waals surface area contributed by atoms with Gasteiger partial charge in [-0.05, 0) is 26.3 Å². The van der Waals surface area contributed by atoms with Gasteiger partial charge >= 0.3 is 6.18 Å². The number of nitrogens with zero attached hydrogens (tertiary/aromatic N) is 2. The topological polar surface area (TPSA) is 71.2 Å². The lowest BCUT2D eigenvalue weighted by molar-refractivity contribution is -0.137. The van der Waals surface area contributed by atoms with Crippen molar-refractivity contribution in [1.82, 2.24) is 10.3 Å². The number of pyridine rings is 1. The zero-order valence-corrected chi connectivity index (χ0v) is 13.5. The SMILES string of the molecule is CC(C)(N)C(=O)NC1CCN(c2ncc(C(F)(F)F)cc2Cl)C1. The standard InChI is InChI=1S/C14H18ClF3N4O/c1-13(2,19)12(23)21-9-3-4-22(7-9)11-10(15)5-8(6-20-11)14(16,17)18/h5-6,9H,3-4,7,19H2,1-2H3,(H,21,23). The average Bonchev–Trinajstić information content (AvgIpc) is 2.84. The molecule has 1 amide bonds. The number of nitrogens with one attached hydrogen (secondary N) is 1. The highest BCUT2D eigenvalue weighted by Crippen LogP contribution is 2.34. The normalized spacial score (nSPS) is 19.1. The fourth-order valence-corrected chi connectivity index (χ4v) is 2.55. The summed E-state index contributed by atoms with van der Waals surface area (Å²) in [5.74, 6) is -0.000695. The van der Waals surface area contributed by atoms with E-state index in [1.165, 1.54) is 0 Å². The molecule has 5 nitrogen and oxygen atoms in total. The lowest BCUT2D eigenvalue weighted by Gasteiger charge is -2.23. The largest absolute Gasteiger partial charge is 0.417 e. The molecule has 0 spiro atoms. The Morgan fingerprint density at radius 3 is 2.65 bits per heavy atom. The maximum atomic E-state index is 12.6. The van der Waals surface area contributed by atoms with Gasteiger partial charge in [-0.2, -0.15) is 13.2 Å². The zero-order valence-electron chi connectivity index (χ0n) is 12.7. The first-order chi connectivity index (χ1) is 10.5. The minimum absolute atomic E-state index is 0.0639. The van der Waals surface area contributed by atoms with Gasteiger partial charge in [0.1, 0.15) is 5.82 Å². The van der Waals surface area contributed by atoms with Crippen LogP contribution in [0.4, 0.5) is 19.0 Å². The molecule has 0 aliphatic carbocycles. The smallest absolute Gasteiger partial charge is 0.353 e. The van der Waals surface area contributed by atoms with E-state index >= 15 is 0 Å². The molecule has 1 atom stereocenters. The van der Waals surface area contributed by atoms with E-state index in [-0.39, 0.29) is 22.8 Å². The molecule has 1 fully saturated rings. The number of nitrogens with two attached hydrogens (primary N) is 1. The minimum atomic E-state index is -4.48. The molecule has 2 heterocycles. The highest BCUT2D eigenvalue weighted by Gasteiger charge is 2.33. The summed E-state index contributed by atoms with van der Waals surface area (Å²) in [5, 5.41) is 2.75. The third-order valence-corrected chi connectivity index (χ3v) is 3.84. The summed E-state index contributed by atoms with van der Waals surface area (Å²) in [6, 6.07) is 0.712. The van der Waals surface area contributed by atoms with E-state index in [0.29, 0.717) is 19.5 Å².